The topological polar surface area (TPSA) is 32.3 Å². The first kappa shape index (κ1) is 13.5. The first-order chi connectivity index (χ1) is 9.13. The van der Waals surface area contributed by atoms with E-state index in [4.69, 9.17) is 0 Å². The predicted molar refractivity (Wildman–Crippen MR) is 80.4 cm³/mol. The van der Waals surface area contributed by atoms with Crippen molar-refractivity contribution < 1.29 is 5.11 Å². The van der Waals surface area contributed by atoms with Crippen molar-refractivity contribution >= 4 is 5.69 Å². The number of phenolic OH excluding ortho intramolecular Hbond substituents is 1. The van der Waals surface area contributed by atoms with Gasteiger partial charge in [0, 0.05) is 12.2 Å². The van der Waals surface area contributed by atoms with E-state index in [1.54, 1.807) is 12.1 Å². The third-order valence-electron chi connectivity index (χ3n) is 3.03. The van der Waals surface area contributed by atoms with Crippen LogP contribution in [0.2, 0.25) is 0 Å². The lowest BCUT2D eigenvalue weighted by atomic mass is 10.0. The highest BCUT2D eigenvalue weighted by atomic mass is 16.3. The zero-order valence-corrected chi connectivity index (χ0v) is 11.6. The fourth-order valence-corrected chi connectivity index (χ4v) is 2.05. The maximum absolute atomic E-state index is 9.22. The Labute approximate surface area is 115 Å². The summed E-state index contributed by atoms with van der Waals surface area (Å²) in [5.41, 5.74) is 3.67. The second-order valence-corrected chi connectivity index (χ2v) is 5.31. The van der Waals surface area contributed by atoms with E-state index in [-0.39, 0.29) is 0 Å². The molecule has 19 heavy (non-hydrogen) atoms. The van der Waals surface area contributed by atoms with Crippen LogP contribution < -0.4 is 5.32 Å². The van der Waals surface area contributed by atoms with Gasteiger partial charge in [0.15, 0.2) is 0 Å². The Balaban J connectivity index is 1.91. The van der Waals surface area contributed by atoms with E-state index in [0.29, 0.717) is 11.7 Å². The summed E-state index contributed by atoms with van der Waals surface area (Å²) in [5, 5.41) is 12.6. The minimum absolute atomic E-state index is 0.295. The summed E-state index contributed by atoms with van der Waals surface area (Å²) in [6.07, 6.45) is 1.13. The van der Waals surface area contributed by atoms with Gasteiger partial charge in [-0.25, -0.2) is 0 Å². The van der Waals surface area contributed by atoms with E-state index < -0.39 is 0 Å². The fraction of sp³-hybridized carbons (Fsp3) is 0.294. The number of phenols is 1. The Hall–Kier alpha value is -1.96. The molecule has 0 aliphatic heterocycles. The van der Waals surface area contributed by atoms with Crippen molar-refractivity contribution in [2.75, 3.05) is 5.32 Å². The molecule has 0 bridgehead atoms. The lowest BCUT2D eigenvalue weighted by molar-refractivity contribution is 0.475. The zero-order chi connectivity index (χ0) is 13.7. The molecule has 100 valence electrons. The Morgan fingerprint density at radius 3 is 2.05 bits per heavy atom. The molecule has 2 aromatic carbocycles. The molecule has 0 heterocycles. The van der Waals surface area contributed by atoms with E-state index >= 15 is 0 Å². The number of rotatable bonds is 5. The first-order valence-corrected chi connectivity index (χ1v) is 6.74. The van der Waals surface area contributed by atoms with Crippen LogP contribution in [-0.2, 0) is 13.0 Å². The number of anilines is 1. The van der Waals surface area contributed by atoms with Gasteiger partial charge in [0.2, 0.25) is 0 Å². The van der Waals surface area contributed by atoms with Crippen LogP contribution in [0.4, 0.5) is 5.69 Å². The number of aromatic hydroxyl groups is 1. The van der Waals surface area contributed by atoms with Gasteiger partial charge in [-0.1, -0.05) is 38.1 Å². The molecule has 2 nitrogen and oxygen atoms in total. The third-order valence-corrected chi connectivity index (χ3v) is 3.03. The minimum Gasteiger partial charge on any atom is -0.508 e. The fourth-order valence-electron chi connectivity index (χ4n) is 2.05. The van der Waals surface area contributed by atoms with Gasteiger partial charge in [-0.2, -0.15) is 0 Å². The standard InChI is InChI=1S/C17H21NO/c1-13(2)11-14-3-5-15(6-4-14)12-18-16-7-9-17(19)10-8-16/h3-10,13,18-19H,11-12H2,1-2H3. The van der Waals surface area contributed by atoms with E-state index in [0.717, 1.165) is 18.7 Å². The number of hydrogen-bond acceptors (Lipinski definition) is 2. The molecule has 0 radical (unpaired) electrons. The minimum atomic E-state index is 0.295. The number of hydrogen-bond donors (Lipinski definition) is 2. The van der Waals surface area contributed by atoms with Gasteiger partial charge in [-0.3, -0.25) is 0 Å². The molecule has 0 saturated carbocycles. The maximum atomic E-state index is 9.22. The van der Waals surface area contributed by atoms with Crippen LogP contribution in [0.5, 0.6) is 5.75 Å². The molecule has 0 fully saturated rings. The predicted octanol–water partition coefficient (Wildman–Crippen LogP) is 4.20. The van der Waals surface area contributed by atoms with Gasteiger partial charge in [0.1, 0.15) is 5.75 Å². The molecule has 0 aromatic heterocycles. The van der Waals surface area contributed by atoms with Crippen molar-refractivity contribution in [3.63, 3.8) is 0 Å². The van der Waals surface area contributed by atoms with Gasteiger partial charge in [-0.15, -0.1) is 0 Å². The lowest BCUT2D eigenvalue weighted by Gasteiger charge is -2.08. The molecule has 2 aromatic rings. The molecule has 2 N–H and O–H groups in total. The van der Waals surface area contributed by atoms with Crippen molar-refractivity contribution in [3.8, 4) is 5.75 Å². The molecule has 0 unspecified atom stereocenters. The van der Waals surface area contributed by atoms with Gasteiger partial charge in [-0.05, 0) is 47.7 Å². The van der Waals surface area contributed by atoms with Crippen molar-refractivity contribution in [2.45, 2.75) is 26.8 Å². The SMILES string of the molecule is CC(C)Cc1ccc(CNc2ccc(O)cc2)cc1. The summed E-state index contributed by atoms with van der Waals surface area (Å²) >= 11 is 0. The smallest absolute Gasteiger partial charge is 0.115 e. The largest absolute Gasteiger partial charge is 0.508 e. The zero-order valence-electron chi connectivity index (χ0n) is 11.6. The van der Waals surface area contributed by atoms with E-state index in [9.17, 15) is 5.11 Å². The summed E-state index contributed by atoms with van der Waals surface area (Å²) in [6.45, 7) is 5.27. The normalized spacial score (nSPS) is 10.7. The van der Waals surface area contributed by atoms with Gasteiger partial charge >= 0.3 is 0 Å². The molecule has 0 saturated heterocycles. The third kappa shape index (κ3) is 4.32. The molecule has 0 aliphatic rings. The van der Waals surface area contributed by atoms with Gasteiger partial charge < -0.3 is 10.4 Å². The lowest BCUT2D eigenvalue weighted by Crippen LogP contribution is -2.00. The monoisotopic (exact) mass is 255 g/mol. The van der Waals surface area contributed by atoms with Crippen LogP contribution in [0.25, 0.3) is 0 Å². The van der Waals surface area contributed by atoms with Gasteiger partial charge in [0.25, 0.3) is 0 Å². The summed E-state index contributed by atoms with van der Waals surface area (Å²) in [6, 6.07) is 15.9. The molecule has 0 spiro atoms. The highest BCUT2D eigenvalue weighted by Gasteiger charge is 1.99. The van der Waals surface area contributed by atoms with Crippen LogP contribution in [0, 0.1) is 5.92 Å². The van der Waals surface area contributed by atoms with E-state index in [1.807, 2.05) is 12.1 Å². The second-order valence-electron chi connectivity index (χ2n) is 5.31. The molecular weight excluding hydrogens is 234 g/mol. The van der Waals surface area contributed by atoms with Crippen LogP contribution in [0.15, 0.2) is 48.5 Å². The van der Waals surface area contributed by atoms with E-state index in [1.165, 1.54) is 11.1 Å². The van der Waals surface area contributed by atoms with Crippen LogP contribution in [-0.4, -0.2) is 5.11 Å². The van der Waals surface area contributed by atoms with Crippen molar-refractivity contribution in [1.29, 1.82) is 0 Å². The molecule has 2 rings (SSSR count). The Morgan fingerprint density at radius 2 is 1.47 bits per heavy atom. The molecule has 0 atom stereocenters. The highest BCUT2D eigenvalue weighted by molar-refractivity contribution is 5.46. The Morgan fingerprint density at radius 1 is 0.895 bits per heavy atom. The van der Waals surface area contributed by atoms with Crippen molar-refractivity contribution in [1.82, 2.24) is 0 Å². The first-order valence-electron chi connectivity index (χ1n) is 6.74. The maximum Gasteiger partial charge on any atom is 0.115 e. The number of nitrogens with one attached hydrogen (secondary N) is 1. The summed E-state index contributed by atoms with van der Waals surface area (Å²) in [5.74, 6) is 0.990. The van der Waals surface area contributed by atoms with Crippen LogP contribution in [0.3, 0.4) is 0 Å². The van der Waals surface area contributed by atoms with Crippen molar-refractivity contribution in [3.05, 3.63) is 59.7 Å². The number of benzene rings is 2. The Kier molecular flexibility index (Phi) is 4.45. The molecular formula is C17H21NO. The molecule has 0 amide bonds. The van der Waals surface area contributed by atoms with Crippen LogP contribution in [0.1, 0.15) is 25.0 Å². The summed E-state index contributed by atoms with van der Waals surface area (Å²) in [7, 11) is 0. The molecule has 2 heteroatoms. The second kappa shape index (κ2) is 6.28. The molecule has 0 aliphatic carbocycles. The average Bonchev–Trinajstić information content (AvgIpc) is 2.39. The van der Waals surface area contributed by atoms with Gasteiger partial charge in [0.05, 0.1) is 0 Å². The van der Waals surface area contributed by atoms with E-state index in [2.05, 4.69) is 43.4 Å². The Bertz CT molecular complexity index is 500. The van der Waals surface area contributed by atoms with Crippen LogP contribution >= 0.6 is 0 Å². The quantitative estimate of drug-likeness (QED) is 0.785. The summed E-state index contributed by atoms with van der Waals surface area (Å²) in [4.78, 5) is 0. The highest BCUT2D eigenvalue weighted by Crippen LogP contribution is 2.15. The van der Waals surface area contributed by atoms with Crippen molar-refractivity contribution in [2.24, 2.45) is 5.92 Å². The average molecular weight is 255 g/mol. The summed E-state index contributed by atoms with van der Waals surface area (Å²) < 4.78 is 0.